The minimum absolute atomic E-state index is 0.199. The number of rotatable bonds is 6. The topological polar surface area (TPSA) is 29.3 Å². The minimum atomic E-state index is 0.199. The summed E-state index contributed by atoms with van der Waals surface area (Å²) < 4.78 is 0. The van der Waals surface area contributed by atoms with Crippen molar-refractivity contribution in [3.8, 4) is 0 Å². The molecule has 0 radical (unpaired) electrons. The van der Waals surface area contributed by atoms with Gasteiger partial charge in [-0.25, -0.2) is 0 Å². The van der Waals surface area contributed by atoms with Crippen molar-refractivity contribution in [3.63, 3.8) is 0 Å². The maximum absolute atomic E-state index is 6.33. The van der Waals surface area contributed by atoms with Gasteiger partial charge in [-0.15, -0.1) is 0 Å². The van der Waals surface area contributed by atoms with Gasteiger partial charge < -0.3 is 5.73 Å². The van der Waals surface area contributed by atoms with E-state index in [0.29, 0.717) is 6.04 Å². The Hall–Kier alpha value is -0.0800. The van der Waals surface area contributed by atoms with E-state index in [0.717, 1.165) is 0 Å². The van der Waals surface area contributed by atoms with Crippen molar-refractivity contribution in [1.29, 1.82) is 0 Å². The van der Waals surface area contributed by atoms with Crippen LogP contribution in [-0.2, 0) is 0 Å². The SMILES string of the molecule is CCCCCC(N)C(C)(C)N1CCCC1. The van der Waals surface area contributed by atoms with Crippen LogP contribution in [0.1, 0.15) is 59.3 Å². The molecule has 1 aliphatic heterocycles. The molecular formula is C13H28N2. The van der Waals surface area contributed by atoms with Gasteiger partial charge in [0.25, 0.3) is 0 Å². The van der Waals surface area contributed by atoms with Crippen LogP contribution in [-0.4, -0.2) is 29.6 Å². The summed E-state index contributed by atoms with van der Waals surface area (Å²) in [4.78, 5) is 2.57. The zero-order valence-electron chi connectivity index (χ0n) is 10.8. The quantitative estimate of drug-likeness (QED) is 0.686. The third kappa shape index (κ3) is 3.46. The Balaban J connectivity index is 2.37. The van der Waals surface area contributed by atoms with E-state index in [9.17, 15) is 0 Å². The van der Waals surface area contributed by atoms with Gasteiger partial charge in [-0.2, -0.15) is 0 Å². The summed E-state index contributed by atoms with van der Waals surface area (Å²) in [7, 11) is 0. The Morgan fingerprint density at radius 2 is 1.80 bits per heavy atom. The van der Waals surface area contributed by atoms with Crippen molar-refractivity contribution >= 4 is 0 Å². The minimum Gasteiger partial charge on any atom is -0.326 e. The first-order valence-corrected chi connectivity index (χ1v) is 6.59. The Kier molecular flexibility index (Phi) is 5.07. The molecule has 1 atom stereocenters. The van der Waals surface area contributed by atoms with Crippen molar-refractivity contribution in [1.82, 2.24) is 4.90 Å². The molecule has 1 unspecified atom stereocenters. The zero-order chi connectivity index (χ0) is 11.3. The molecule has 0 aromatic carbocycles. The van der Waals surface area contributed by atoms with Crippen molar-refractivity contribution in [2.75, 3.05) is 13.1 Å². The summed E-state index contributed by atoms with van der Waals surface area (Å²) in [6, 6.07) is 0.335. The van der Waals surface area contributed by atoms with Crippen LogP contribution >= 0.6 is 0 Å². The molecule has 0 amide bonds. The highest BCUT2D eigenvalue weighted by Gasteiger charge is 2.33. The fourth-order valence-corrected chi connectivity index (χ4v) is 2.50. The average Bonchev–Trinajstić information content (AvgIpc) is 2.71. The van der Waals surface area contributed by atoms with E-state index in [1.54, 1.807) is 0 Å². The number of likely N-dealkylation sites (tertiary alicyclic amines) is 1. The molecule has 1 saturated heterocycles. The highest BCUT2D eigenvalue weighted by molar-refractivity contribution is 4.93. The Morgan fingerprint density at radius 3 is 2.33 bits per heavy atom. The molecular weight excluding hydrogens is 184 g/mol. The van der Waals surface area contributed by atoms with E-state index >= 15 is 0 Å². The van der Waals surface area contributed by atoms with Gasteiger partial charge in [-0.05, 0) is 46.2 Å². The lowest BCUT2D eigenvalue weighted by Gasteiger charge is -2.40. The Morgan fingerprint density at radius 1 is 1.20 bits per heavy atom. The molecule has 2 heteroatoms. The third-order valence-corrected chi connectivity index (χ3v) is 3.95. The van der Waals surface area contributed by atoms with Crippen molar-refractivity contribution < 1.29 is 0 Å². The maximum atomic E-state index is 6.33. The molecule has 0 saturated carbocycles. The second-order valence-corrected chi connectivity index (χ2v) is 5.45. The lowest BCUT2D eigenvalue weighted by molar-refractivity contribution is 0.118. The molecule has 0 spiro atoms. The van der Waals surface area contributed by atoms with Gasteiger partial charge in [0.2, 0.25) is 0 Å². The average molecular weight is 212 g/mol. The number of hydrogen-bond acceptors (Lipinski definition) is 2. The first-order chi connectivity index (χ1) is 7.09. The fourth-order valence-electron chi connectivity index (χ4n) is 2.50. The Bertz CT molecular complexity index is 171. The summed E-state index contributed by atoms with van der Waals surface area (Å²) in [5.41, 5.74) is 6.53. The summed E-state index contributed by atoms with van der Waals surface area (Å²) >= 11 is 0. The predicted molar refractivity (Wildman–Crippen MR) is 67.0 cm³/mol. The maximum Gasteiger partial charge on any atom is 0.0304 e. The molecule has 90 valence electrons. The summed E-state index contributed by atoms with van der Waals surface area (Å²) in [6.07, 6.45) is 7.78. The molecule has 1 aliphatic rings. The molecule has 1 fully saturated rings. The van der Waals surface area contributed by atoms with E-state index in [2.05, 4.69) is 25.7 Å². The molecule has 0 aliphatic carbocycles. The number of nitrogens with zero attached hydrogens (tertiary/aromatic N) is 1. The van der Waals surface area contributed by atoms with E-state index < -0.39 is 0 Å². The van der Waals surface area contributed by atoms with E-state index in [-0.39, 0.29) is 5.54 Å². The molecule has 2 N–H and O–H groups in total. The van der Waals surface area contributed by atoms with Crippen LogP contribution in [0.25, 0.3) is 0 Å². The zero-order valence-corrected chi connectivity index (χ0v) is 10.8. The molecule has 2 nitrogen and oxygen atoms in total. The number of nitrogens with two attached hydrogens (primary N) is 1. The smallest absolute Gasteiger partial charge is 0.0304 e. The molecule has 1 rings (SSSR count). The van der Waals surface area contributed by atoms with Gasteiger partial charge in [-0.3, -0.25) is 4.90 Å². The van der Waals surface area contributed by atoms with Crippen LogP contribution in [0.4, 0.5) is 0 Å². The molecule has 0 bridgehead atoms. The van der Waals surface area contributed by atoms with Gasteiger partial charge in [0.05, 0.1) is 0 Å². The van der Waals surface area contributed by atoms with E-state index in [1.165, 1.54) is 51.6 Å². The van der Waals surface area contributed by atoms with E-state index in [4.69, 9.17) is 5.73 Å². The van der Waals surface area contributed by atoms with Crippen molar-refractivity contribution in [3.05, 3.63) is 0 Å². The molecule has 0 aromatic heterocycles. The third-order valence-electron chi connectivity index (χ3n) is 3.95. The normalized spacial score (nSPS) is 20.8. The van der Waals surface area contributed by atoms with Crippen LogP contribution in [0.2, 0.25) is 0 Å². The first-order valence-electron chi connectivity index (χ1n) is 6.59. The van der Waals surface area contributed by atoms with Crippen LogP contribution < -0.4 is 5.73 Å². The standard InChI is InChI=1S/C13H28N2/c1-4-5-6-9-12(14)13(2,3)15-10-7-8-11-15/h12H,4-11,14H2,1-3H3. The van der Waals surface area contributed by atoms with Gasteiger partial charge in [0, 0.05) is 11.6 Å². The van der Waals surface area contributed by atoms with Gasteiger partial charge in [-0.1, -0.05) is 26.2 Å². The molecule has 15 heavy (non-hydrogen) atoms. The summed E-state index contributed by atoms with van der Waals surface area (Å²) in [6.45, 7) is 9.37. The first kappa shape index (κ1) is 13.0. The second-order valence-electron chi connectivity index (χ2n) is 5.45. The van der Waals surface area contributed by atoms with Crippen LogP contribution in [0, 0.1) is 0 Å². The van der Waals surface area contributed by atoms with Gasteiger partial charge in [0.15, 0.2) is 0 Å². The monoisotopic (exact) mass is 212 g/mol. The number of hydrogen-bond donors (Lipinski definition) is 1. The van der Waals surface area contributed by atoms with Crippen LogP contribution in [0.5, 0.6) is 0 Å². The fraction of sp³-hybridized carbons (Fsp3) is 1.00. The lowest BCUT2D eigenvalue weighted by Crippen LogP contribution is -2.55. The highest BCUT2D eigenvalue weighted by atomic mass is 15.2. The van der Waals surface area contributed by atoms with E-state index in [1.807, 2.05) is 0 Å². The lowest BCUT2D eigenvalue weighted by atomic mass is 9.89. The summed E-state index contributed by atoms with van der Waals surface area (Å²) in [5.74, 6) is 0. The second kappa shape index (κ2) is 5.86. The van der Waals surface area contributed by atoms with Crippen LogP contribution in [0.15, 0.2) is 0 Å². The van der Waals surface area contributed by atoms with Gasteiger partial charge in [0.1, 0.15) is 0 Å². The van der Waals surface area contributed by atoms with Crippen molar-refractivity contribution in [2.45, 2.75) is 70.9 Å². The Labute approximate surface area is 95.2 Å². The van der Waals surface area contributed by atoms with Crippen molar-refractivity contribution in [2.24, 2.45) is 5.73 Å². The largest absolute Gasteiger partial charge is 0.326 e. The number of unbranched alkanes of at least 4 members (excludes halogenated alkanes) is 2. The van der Waals surface area contributed by atoms with Gasteiger partial charge >= 0.3 is 0 Å². The highest BCUT2D eigenvalue weighted by Crippen LogP contribution is 2.25. The molecule has 1 heterocycles. The predicted octanol–water partition coefficient (Wildman–Crippen LogP) is 2.77. The van der Waals surface area contributed by atoms with Crippen LogP contribution in [0.3, 0.4) is 0 Å². The molecule has 0 aromatic rings. The summed E-state index contributed by atoms with van der Waals surface area (Å²) in [5, 5.41) is 0.